The lowest BCUT2D eigenvalue weighted by Gasteiger charge is -2.08. The van der Waals surface area contributed by atoms with Crippen LogP contribution >= 0.6 is 0 Å². The molecule has 0 spiro atoms. The van der Waals surface area contributed by atoms with E-state index in [1.54, 1.807) is 0 Å². The van der Waals surface area contributed by atoms with E-state index in [0.29, 0.717) is 19.3 Å². The summed E-state index contributed by atoms with van der Waals surface area (Å²) in [6, 6.07) is 6.29. The first kappa shape index (κ1) is 11.8. The van der Waals surface area contributed by atoms with Crippen LogP contribution in [0.5, 0.6) is 11.5 Å². The van der Waals surface area contributed by atoms with Crippen molar-refractivity contribution in [3.63, 3.8) is 0 Å². The number of fused-ring (bicyclic) bond motifs is 1. The van der Waals surface area contributed by atoms with Gasteiger partial charge in [0.1, 0.15) is 18.1 Å². The Kier molecular flexibility index (Phi) is 3.89. The minimum absolute atomic E-state index is 0.296. The average molecular weight is 231 g/mol. The van der Waals surface area contributed by atoms with Crippen molar-refractivity contribution in [2.75, 3.05) is 20.3 Å². The molecule has 1 unspecified atom stereocenters. The van der Waals surface area contributed by atoms with Gasteiger partial charge in [-0.25, -0.2) is 0 Å². The lowest BCUT2D eigenvalue weighted by Crippen LogP contribution is -2.17. The maximum Gasteiger partial charge on any atom is 0.127 e. The van der Waals surface area contributed by atoms with Crippen LogP contribution in [0.1, 0.15) is 24.9 Å². The molecule has 0 saturated heterocycles. The Labute approximate surface area is 102 Å². The first-order valence-corrected chi connectivity index (χ1v) is 5.81. The van der Waals surface area contributed by atoms with Gasteiger partial charge in [-0.2, -0.15) is 0 Å². The molecular weight excluding hydrogens is 214 g/mol. The Bertz CT molecular complexity index is 445. The number of nitrogens with one attached hydrogen (secondary N) is 1. The second-order valence-electron chi connectivity index (χ2n) is 3.88. The molecule has 1 aliphatic heterocycles. The number of hydrogen-bond donors (Lipinski definition) is 1. The largest absolute Gasteiger partial charge is 0.492 e. The van der Waals surface area contributed by atoms with Crippen molar-refractivity contribution in [2.24, 2.45) is 0 Å². The molecule has 0 aliphatic carbocycles. The van der Waals surface area contributed by atoms with E-state index >= 15 is 0 Å². The second-order valence-corrected chi connectivity index (χ2v) is 3.88. The molecule has 1 heterocycles. The maximum absolute atomic E-state index is 5.60. The molecule has 3 heteroatoms. The number of likely N-dealkylation sites (N-methyl/N-ethyl adjacent to an activating group) is 1. The third-order valence-electron chi connectivity index (χ3n) is 2.79. The van der Waals surface area contributed by atoms with E-state index in [1.807, 2.05) is 26.1 Å². The summed E-state index contributed by atoms with van der Waals surface area (Å²) >= 11 is 0. The first-order valence-electron chi connectivity index (χ1n) is 5.81. The fraction of sp³-hybridized carbons (Fsp3) is 0.429. The number of rotatable bonds is 4. The van der Waals surface area contributed by atoms with Crippen LogP contribution in [0.25, 0.3) is 0 Å². The molecule has 0 amide bonds. The van der Waals surface area contributed by atoms with E-state index < -0.39 is 0 Å². The predicted molar refractivity (Wildman–Crippen MR) is 67.3 cm³/mol. The third-order valence-corrected chi connectivity index (χ3v) is 2.79. The highest BCUT2D eigenvalue weighted by atomic mass is 16.5. The average Bonchev–Trinajstić information content (AvgIpc) is 2.77. The van der Waals surface area contributed by atoms with Crippen LogP contribution in [0, 0.1) is 11.8 Å². The van der Waals surface area contributed by atoms with Gasteiger partial charge in [0, 0.05) is 18.1 Å². The van der Waals surface area contributed by atoms with Gasteiger partial charge in [-0.3, -0.25) is 0 Å². The molecule has 0 bridgehead atoms. The summed E-state index contributed by atoms with van der Waals surface area (Å²) in [7, 11) is 1.94. The molecule has 2 rings (SSSR count). The van der Waals surface area contributed by atoms with Gasteiger partial charge in [0.15, 0.2) is 0 Å². The minimum Gasteiger partial charge on any atom is -0.492 e. The second kappa shape index (κ2) is 5.60. The van der Waals surface area contributed by atoms with Crippen LogP contribution in [0.3, 0.4) is 0 Å². The van der Waals surface area contributed by atoms with E-state index in [2.05, 4.69) is 23.2 Å². The Hall–Kier alpha value is -1.66. The van der Waals surface area contributed by atoms with Crippen LogP contribution in [0.15, 0.2) is 18.2 Å². The van der Waals surface area contributed by atoms with Crippen molar-refractivity contribution in [3.05, 3.63) is 23.8 Å². The molecular formula is C14H17NO2. The van der Waals surface area contributed by atoms with Crippen LogP contribution in [-0.2, 0) is 0 Å². The fourth-order valence-corrected chi connectivity index (χ4v) is 1.86. The molecule has 0 radical (unpaired) electrons. The van der Waals surface area contributed by atoms with Crippen molar-refractivity contribution in [1.29, 1.82) is 0 Å². The summed E-state index contributed by atoms with van der Waals surface area (Å²) in [6.45, 7) is 3.15. The number of hydrogen-bond acceptors (Lipinski definition) is 3. The molecule has 1 aliphatic rings. The van der Waals surface area contributed by atoms with E-state index in [-0.39, 0.29) is 0 Å². The predicted octanol–water partition coefficient (Wildman–Crippen LogP) is 2.13. The summed E-state index contributed by atoms with van der Waals surface area (Å²) in [5.41, 5.74) is 1.20. The van der Waals surface area contributed by atoms with Crippen LogP contribution < -0.4 is 14.8 Å². The first-order chi connectivity index (χ1) is 8.35. The standard InChI is InChI=1S/C14H17NO2/c1-3-4-5-8-16-11-6-7-12-13(15-2)10-17-14(12)9-11/h6-7,9,13,15H,5,8,10H2,1-2H3. The van der Waals surface area contributed by atoms with Gasteiger partial charge < -0.3 is 14.8 Å². The van der Waals surface area contributed by atoms with Gasteiger partial charge in [-0.15, -0.1) is 11.8 Å². The van der Waals surface area contributed by atoms with Gasteiger partial charge in [-0.05, 0) is 26.1 Å². The SMILES string of the molecule is CC#CCCOc1ccc2c(c1)OCC2NC. The Balaban J connectivity index is 1.99. The zero-order chi connectivity index (χ0) is 12.1. The van der Waals surface area contributed by atoms with Gasteiger partial charge in [0.25, 0.3) is 0 Å². The van der Waals surface area contributed by atoms with Gasteiger partial charge >= 0.3 is 0 Å². The molecule has 90 valence electrons. The van der Waals surface area contributed by atoms with Crippen LogP contribution in [-0.4, -0.2) is 20.3 Å². The molecule has 1 atom stereocenters. The number of ether oxygens (including phenoxy) is 2. The van der Waals surface area contributed by atoms with E-state index in [9.17, 15) is 0 Å². The van der Waals surface area contributed by atoms with E-state index in [4.69, 9.17) is 9.47 Å². The molecule has 3 nitrogen and oxygen atoms in total. The zero-order valence-corrected chi connectivity index (χ0v) is 10.2. The highest BCUT2D eigenvalue weighted by Crippen LogP contribution is 2.34. The quantitative estimate of drug-likeness (QED) is 0.636. The van der Waals surface area contributed by atoms with Crippen molar-refractivity contribution < 1.29 is 9.47 Å². The molecule has 0 fully saturated rings. The topological polar surface area (TPSA) is 30.5 Å². The van der Waals surface area contributed by atoms with Crippen molar-refractivity contribution in [2.45, 2.75) is 19.4 Å². The van der Waals surface area contributed by atoms with Crippen molar-refractivity contribution in [3.8, 4) is 23.3 Å². The minimum atomic E-state index is 0.296. The fourth-order valence-electron chi connectivity index (χ4n) is 1.86. The molecule has 1 aromatic carbocycles. The van der Waals surface area contributed by atoms with E-state index in [1.165, 1.54) is 5.56 Å². The molecule has 0 saturated carbocycles. The lowest BCUT2D eigenvalue weighted by molar-refractivity contribution is 0.310. The Morgan fingerprint density at radius 2 is 2.41 bits per heavy atom. The Morgan fingerprint density at radius 1 is 1.53 bits per heavy atom. The summed E-state index contributed by atoms with van der Waals surface area (Å²) in [5, 5.41) is 3.22. The van der Waals surface area contributed by atoms with Crippen LogP contribution in [0.2, 0.25) is 0 Å². The normalized spacial score (nSPS) is 16.7. The smallest absolute Gasteiger partial charge is 0.127 e. The molecule has 0 aromatic heterocycles. The molecule has 1 aromatic rings. The van der Waals surface area contributed by atoms with Crippen LogP contribution in [0.4, 0.5) is 0 Å². The van der Waals surface area contributed by atoms with E-state index in [0.717, 1.165) is 17.9 Å². The summed E-state index contributed by atoms with van der Waals surface area (Å²) < 4.78 is 11.2. The summed E-state index contributed by atoms with van der Waals surface area (Å²) in [5.74, 6) is 7.58. The van der Waals surface area contributed by atoms with Crippen molar-refractivity contribution in [1.82, 2.24) is 5.32 Å². The summed E-state index contributed by atoms with van der Waals surface area (Å²) in [4.78, 5) is 0. The summed E-state index contributed by atoms with van der Waals surface area (Å²) in [6.07, 6.45) is 0.758. The highest BCUT2D eigenvalue weighted by Gasteiger charge is 2.22. The van der Waals surface area contributed by atoms with Gasteiger partial charge in [-0.1, -0.05) is 0 Å². The lowest BCUT2D eigenvalue weighted by atomic mass is 10.1. The Morgan fingerprint density at radius 3 is 3.18 bits per heavy atom. The van der Waals surface area contributed by atoms with Gasteiger partial charge in [0.2, 0.25) is 0 Å². The molecule has 1 N–H and O–H groups in total. The maximum atomic E-state index is 5.60. The van der Waals surface area contributed by atoms with Crippen molar-refractivity contribution >= 4 is 0 Å². The van der Waals surface area contributed by atoms with Gasteiger partial charge in [0.05, 0.1) is 12.6 Å². The highest BCUT2D eigenvalue weighted by molar-refractivity contribution is 5.44. The third kappa shape index (κ3) is 2.72. The zero-order valence-electron chi connectivity index (χ0n) is 10.2. The monoisotopic (exact) mass is 231 g/mol. The number of benzene rings is 1. The molecule has 17 heavy (non-hydrogen) atoms.